The van der Waals surface area contributed by atoms with Crippen molar-refractivity contribution in [2.45, 2.75) is 39.2 Å². The van der Waals surface area contributed by atoms with Crippen LogP contribution >= 0.6 is 0 Å². The van der Waals surface area contributed by atoms with E-state index in [-0.39, 0.29) is 0 Å². The zero-order valence-corrected chi connectivity index (χ0v) is 9.58. The van der Waals surface area contributed by atoms with Gasteiger partial charge in [0.15, 0.2) is 0 Å². The Hall–Kier alpha value is -0.340. The number of hydrogen-bond donors (Lipinski definition) is 1. The Balaban J connectivity index is 2.32. The summed E-state index contributed by atoms with van der Waals surface area (Å²) in [7, 11) is 0. The van der Waals surface area contributed by atoms with E-state index >= 15 is 0 Å². The first-order valence-corrected chi connectivity index (χ1v) is 5.85. The first-order valence-electron chi connectivity index (χ1n) is 5.85. The van der Waals surface area contributed by atoms with Gasteiger partial charge in [0.1, 0.15) is 0 Å². The van der Waals surface area contributed by atoms with Crippen molar-refractivity contribution >= 4 is 0 Å². The summed E-state index contributed by atoms with van der Waals surface area (Å²) in [6.07, 6.45) is 8.33. The molecule has 0 bridgehead atoms. The Labute approximate surface area is 88.2 Å². The highest BCUT2D eigenvalue weighted by molar-refractivity contribution is 4.92. The van der Waals surface area contributed by atoms with E-state index in [1.807, 2.05) is 0 Å². The third-order valence-corrected chi connectivity index (χ3v) is 2.96. The molecule has 1 aliphatic heterocycles. The second-order valence-corrected chi connectivity index (χ2v) is 4.50. The minimum absolute atomic E-state index is 0.695. The number of piperidine rings is 1. The number of nitrogens with zero attached hydrogens (tertiary/aromatic N) is 1. The van der Waals surface area contributed by atoms with E-state index in [1.54, 1.807) is 0 Å². The molecule has 1 heterocycles. The molecule has 0 saturated carbocycles. The van der Waals surface area contributed by atoms with Gasteiger partial charge >= 0.3 is 0 Å². The lowest BCUT2D eigenvalue weighted by Crippen LogP contribution is -2.39. The summed E-state index contributed by atoms with van der Waals surface area (Å²) < 4.78 is 0. The minimum atomic E-state index is 0.695. The highest BCUT2D eigenvalue weighted by Gasteiger charge is 2.19. The molecule has 1 rings (SSSR count). The van der Waals surface area contributed by atoms with Gasteiger partial charge in [-0.1, -0.05) is 12.2 Å². The fraction of sp³-hybridized carbons (Fsp3) is 0.833. The Morgan fingerprint density at radius 3 is 2.93 bits per heavy atom. The van der Waals surface area contributed by atoms with Gasteiger partial charge in [0.2, 0.25) is 0 Å². The van der Waals surface area contributed by atoms with Crippen LogP contribution in [0, 0.1) is 5.92 Å². The number of rotatable bonds is 4. The maximum Gasteiger partial charge on any atom is 0.00470 e. The van der Waals surface area contributed by atoms with Crippen molar-refractivity contribution in [3.63, 3.8) is 0 Å². The highest BCUT2D eigenvalue weighted by atomic mass is 15.1. The Morgan fingerprint density at radius 2 is 2.29 bits per heavy atom. The van der Waals surface area contributed by atoms with Gasteiger partial charge in [0, 0.05) is 12.6 Å². The van der Waals surface area contributed by atoms with Gasteiger partial charge in [-0.05, 0) is 52.1 Å². The van der Waals surface area contributed by atoms with Gasteiger partial charge in [-0.15, -0.1) is 0 Å². The van der Waals surface area contributed by atoms with E-state index in [4.69, 9.17) is 5.73 Å². The van der Waals surface area contributed by atoms with Crippen LogP contribution in [0.4, 0.5) is 0 Å². The average Bonchev–Trinajstić information content (AvgIpc) is 2.19. The van der Waals surface area contributed by atoms with Crippen molar-refractivity contribution < 1.29 is 0 Å². The molecule has 1 unspecified atom stereocenters. The van der Waals surface area contributed by atoms with Gasteiger partial charge in [0.25, 0.3) is 0 Å². The lowest BCUT2D eigenvalue weighted by atomic mass is 9.96. The van der Waals surface area contributed by atoms with Crippen LogP contribution in [-0.2, 0) is 0 Å². The summed E-state index contributed by atoms with van der Waals surface area (Å²) >= 11 is 0. The molecule has 0 spiro atoms. The molecule has 2 nitrogen and oxygen atoms in total. The molecular weight excluding hydrogens is 172 g/mol. The standard InChI is InChI=1S/C12H24N2/c1-11(2)14-9-5-7-12(10-14)6-3-4-8-13/h3,6,11-12H,4-5,7-10,13H2,1-2H3/b6-3-. The molecule has 1 aliphatic rings. The number of nitrogens with two attached hydrogens (primary N) is 1. The van der Waals surface area contributed by atoms with Crippen molar-refractivity contribution in [2.24, 2.45) is 11.7 Å². The van der Waals surface area contributed by atoms with Crippen molar-refractivity contribution in [1.82, 2.24) is 4.90 Å². The van der Waals surface area contributed by atoms with Crippen LogP contribution < -0.4 is 5.73 Å². The molecule has 2 N–H and O–H groups in total. The van der Waals surface area contributed by atoms with Crippen LogP contribution in [0.1, 0.15) is 33.1 Å². The molecule has 1 atom stereocenters. The molecule has 0 aromatic rings. The fourth-order valence-electron chi connectivity index (χ4n) is 2.05. The second-order valence-electron chi connectivity index (χ2n) is 4.50. The predicted octanol–water partition coefficient (Wildman–Crippen LogP) is 2.01. The van der Waals surface area contributed by atoms with Crippen molar-refractivity contribution in [2.75, 3.05) is 19.6 Å². The van der Waals surface area contributed by atoms with Crippen LogP contribution in [0.25, 0.3) is 0 Å². The molecular formula is C12H24N2. The Morgan fingerprint density at radius 1 is 1.50 bits per heavy atom. The fourth-order valence-corrected chi connectivity index (χ4v) is 2.05. The van der Waals surface area contributed by atoms with Gasteiger partial charge in [-0.2, -0.15) is 0 Å². The first kappa shape index (κ1) is 11.7. The maximum absolute atomic E-state index is 5.46. The topological polar surface area (TPSA) is 29.3 Å². The minimum Gasteiger partial charge on any atom is -0.330 e. The number of likely N-dealkylation sites (tertiary alicyclic amines) is 1. The van der Waals surface area contributed by atoms with E-state index in [9.17, 15) is 0 Å². The van der Waals surface area contributed by atoms with Crippen molar-refractivity contribution in [3.8, 4) is 0 Å². The zero-order chi connectivity index (χ0) is 10.4. The summed E-state index contributed by atoms with van der Waals surface area (Å²) in [6, 6.07) is 0.695. The van der Waals surface area contributed by atoms with E-state index in [0.29, 0.717) is 6.04 Å². The molecule has 0 aromatic heterocycles. The first-order chi connectivity index (χ1) is 6.74. The molecule has 0 aromatic carbocycles. The Bertz CT molecular complexity index is 175. The quantitative estimate of drug-likeness (QED) is 0.697. The average molecular weight is 196 g/mol. The number of hydrogen-bond acceptors (Lipinski definition) is 2. The lowest BCUT2D eigenvalue weighted by Gasteiger charge is -2.34. The van der Waals surface area contributed by atoms with Crippen molar-refractivity contribution in [3.05, 3.63) is 12.2 Å². The largest absolute Gasteiger partial charge is 0.330 e. The van der Waals surface area contributed by atoms with E-state index in [2.05, 4.69) is 30.9 Å². The summed E-state index contributed by atoms with van der Waals surface area (Å²) in [5, 5.41) is 0. The molecule has 82 valence electrons. The second kappa shape index (κ2) is 6.20. The smallest absolute Gasteiger partial charge is 0.00470 e. The van der Waals surface area contributed by atoms with E-state index < -0.39 is 0 Å². The van der Waals surface area contributed by atoms with Crippen LogP contribution in [0.3, 0.4) is 0 Å². The van der Waals surface area contributed by atoms with Gasteiger partial charge in [-0.3, -0.25) is 0 Å². The van der Waals surface area contributed by atoms with Crippen LogP contribution in [-0.4, -0.2) is 30.6 Å². The maximum atomic E-state index is 5.46. The summed E-state index contributed by atoms with van der Waals surface area (Å²) in [6.45, 7) is 7.85. The van der Waals surface area contributed by atoms with Crippen LogP contribution in [0.2, 0.25) is 0 Å². The molecule has 1 fully saturated rings. The van der Waals surface area contributed by atoms with Gasteiger partial charge in [0.05, 0.1) is 0 Å². The molecule has 0 amide bonds. The van der Waals surface area contributed by atoms with Crippen molar-refractivity contribution in [1.29, 1.82) is 0 Å². The molecule has 14 heavy (non-hydrogen) atoms. The normalized spacial score (nSPS) is 25.0. The predicted molar refractivity (Wildman–Crippen MR) is 62.2 cm³/mol. The lowest BCUT2D eigenvalue weighted by molar-refractivity contribution is 0.158. The van der Waals surface area contributed by atoms with Gasteiger partial charge in [-0.25, -0.2) is 0 Å². The molecule has 2 heteroatoms. The highest BCUT2D eigenvalue weighted by Crippen LogP contribution is 2.19. The van der Waals surface area contributed by atoms with Gasteiger partial charge < -0.3 is 10.6 Å². The monoisotopic (exact) mass is 196 g/mol. The molecule has 0 radical (unpaired) electrons. The zero-order valence-electron chi connectivity index (χ0n) is 9.58. The molecule has 0 aliphatic carbocycles. The summed E-state index contributed by atoms with van der Waals surface area (Å²) in [5.74, 6) is 0.762. The van der Waals surface area contributed by atoms with E-state index in [1.165, 1.54) is 25.9 Å². The summed E-state index contributed by atoms with van der Waals surface area (Å²) in [5.41, 5.74) is 5.46. The van der Waals surface area contributed by atoms with Crippen LogP contribution in [0.15, 0.2) is 12.2 Å². The van der Waals surface area contributed by atoms with Crippen LogP contribution in [0.5, 0.6) is 0 Å². The third kappa shape index (κ3) is 3.81. The molecule has 1 saturated heterocycles. The Kier molecular flexibility index (Phi) is 5.20. The third-order valence-electron chi connectivity index (χ3n) is 2.96. The SMILES string of the molecule is CC(C)N1CCCC(/C=C\CCN)C1. The van der Waals surface area contributed by atoms with E-state index in [0.717, 1.165) is 18.9 Å². The summed E-state index contributed by atoms with van der Waals surface area (Å²) in [4.78, 5) is 2.57.